The molecule has 0 spiro atoms. The van der Waals surface area contributed by atoms with Gasteiger partial charge in [-0.2, -0.15) is 4.80 Å². The van der Waals surface area contributed by atoms with Crippen LogP contribution in [0.5, 0.6) is 0 Å². The fourth-order valence-electron chi connectivity index (χ4n) is 1.69. The highest BCUT2D eigenvalue weighted by atomic mass is 127. The van der Waals surface area contributed by atoms with Gasteiger partial charge in [-0.25, -0.2) is 4.79 Å². The molecule has 0 aliphatic rings. The summed E-state index contributed by atoms with van der Waals surface area (Å²) in [6, 6.07) is 0. The fourth-order valence-corrected chi connectivity index (χ4v) is 2.31. The average molecular weight is 376 g/mol. The van der Waals surface area contributed by atoms with Crippen molar-refractivity contribution in [1.29, 1.82) is 0 Å². The minimum Gasteiger partial charge on any atom is -0.299 e. The fraction of sp³-hybridized carbons (Fsp3) is 0.500. The van der Waals surface area contributed by atoms with Gasteiger partial charge in [0.25, 0.3) is 5.56 Å². The lowest BCUT2D eigenvalue weighted by molar-refractivity contribution is 0.556. The van der Waals surface area contributed by atoms with Gasteiger partial charge in [-0.3, -0.25) is 13.9 Å². The molecule has 0 aromatic carbocycles. The van der Waals surface area contributed by atoms with Gasteiger partial charge in [0.2, 0.25) is 0 Å². The lowest BCUT2D eigenvalue weighted by atomic mass is 10.4. The number of aromatic nitrogens is 6. The highest BCUT2D eigenvalue weighted by Gasteiger charge is 2.12. The lowest BCUT2D eigenvalue weighted by Gasteiger charge is -2.08. The molecule has 0 aliphatic heterocycles. The van der Waals surface area contributed by atoms with E-state index in [4.69, 9.17) is 0 Å². The average Bonchev–Trinajstić information content (AvgIpc) is 2.77. The zero-order valence-corrected chi connectivity index (χ0v) is 12.7. The summed E-state index contributed by atoms with van der Waals surface area (Å²) in [4.78, 5) is 25.5. The molecule has 2 aromatic heterocycles. The third-order valence-corrected chi connectivity index (χ3v) is 3.25. The maximum absolute atomic E-state index is 12.2. The number of hydrogen-bond acceptors (Lipinski definition) is 5. The van der Waals surface area contributed by atoms with Crippen LogP contribution in [-0.4, -0.2) is 29.3 Å². The molecule has 2 rings (SSSR count). The first-order chi connectivity index (χ1) is 9.02. The second kappa shape index (κ2) is 5.63. The topological polar surface area (TPSA) is 87.6 Å². The van der Waals surface area contributed by atoms with E-state index < -0.39 is 0 Å². The standard InChI is InChI=1S/C10H13IN6O2/c1-3-4-16-5-7(11)9(18)17(10(16)19)6-8-12-14-15(2)13-8/h5H,3-4,6H2,1-2H3. The van der Waals surface area contributed by atoms with E-state index in [1.807, 2.05) is 29.5 Å². The van der Waals surface area contributed by atoms with Crippen LogP contribution in [-0.2, 0) is 20.1 Å². The number of rotatable bonds is 4. The van der Waals surface area contributed by atoms with E-state index in [1.165, 1.54) is 9.36 Å². The summed E-state index contributed by atoms with van der Waals surface area (Å²) in [5.74, 6) is 0.340. The first-order valence-corrected chi connectivity index (χ1v) is 6.83. The minimum atomic E-state index is -0.347. The molecule has 2 heterocycles. The highest BCUT2D eigenvalue weighted by Crippen LogP contribution is 1.97. The number of tetrazole rings is 1. The van der Waals surface area contributed by atoms with E-state index in [-0.39, 0.29) is 17.8 Å². The maximum atomic E-state index is 12.2. The van der Waals surface area contributed by atoms with Gasteiger partial charge < -0.3 is 0 Å². The van der Waals surface area contributed by atoms with Gasteiger partial charge in [-0.15, -0.1) is 10.2 Å². The Morgan fingerprint density at radius 1 is 1.37 bits per heavy atom. The predicted molar refractivity (Wildman–Crippen MR) is 75.9 cm³/mol. The molecular formula is C10H13IN6O2. The van der Waals surface area contributed by atoms with Crippen LogP contribution in [0, 0.1) is 3.57 Å². The molecule has 9 heteroatoms. The van der Waals surface area contributed by atoms with Crippen LogP contribution >= 0.6 is 22.6 Å². The Bertz CT molecular complexity index is 701. The van der Waals surface area contributed by atoms with Gasteiger partial charge in [0.05, 0.1) is 17.2 Å². The zero-order valence-electron chi connectivity index (χ0n) is 10.6. The number of hydrogen-bond donors (Lipinski definition) is 0. The van der Waals surface area contributed by atoms with Crippen molar-refractivity contribution in [3.63, 3.8) is 0 Å². The van der Waals surface area contributed by atoms with E-state index in [2.05, 4.69) is 15.4 Å². The highest BCUT2D eigenvalue weighted by molar-refractivity contribution is 14.1. The van der Waals surface area contributed by atoms with Gasteiger partial charge in [0.1, 0.15) is 0 Å². The summed E-state index contributed by atoms with van der Waals surface area (Å²) < 4.78 is 3.16. The molecule has 0 unspecified atom stereocenters. The molecule has 0 fully saturated rings. The molecular weight excluding hydrogens is 363 g/mol. The van der Waals surface area contributed by atoms with Crippen LogP contribution in [0.25, 0.3) is 0 Å². The second-order valence-electron chi connectivity index (χ2n) is 4.04. The quantitative estimate of drug-likeness (QED) is 0.678. The second-order valence-corrected chi connectivity index (χ2v) is 5.20. The molecule has 0 saturated heterocycles. The summed E-state index contributed by atoms with van der Waals surface area (Å²) in [7, 11) is 1.63. The largest absolute Gasteiger partial charge is 0.331 e. The molecule has 0 bridgehead atoms. The Morgan fingerprint density at radius 3 is 2.68 bits per heavy atom. The SMILES string of the molecule is CCCn1cc(I)c(=O)n(Cc2nnn(C)n2)c1=O. The molecule has 0 aliphatic carbocycles. The van der Waals surface area contributed by atoms with Gasteiger partial charge in [-0.05, 0) is 34.2 Å². The third-order valence-electron chi connectivity index (χ3n) is 2.51. The van der Waals surface area contributed by atoms with Crippen molar-refractivity contribution in [2.24, 2.45) is 7.05 Å². The summed E-state index contributed by atoms with van der Waals surface area (Å²) >= 11 is 1.93. The van der Waals surface area contributed by atoms with Crippen molar-refractivity contribution in [2.75, 3.05) is 0 Å². The van der Waals surface area contributed by atoms with Gasteiger partial charge in [-0.1, -0.05) is 6.92 Å². The van der Waals surface area contributed by atoms with Crippen LogP contribution in [0.3, 0.4) is 0 Å². The third kappa shape index (κ3) is 2.91. The molecule has 2 aromatic rings. The van der Waals surface area contributed by atoms with Crippen LogP contribution in [0.2, 0.25) is 0 Å². The summed E-state index contributed by atoms with van der Waals surface area (Å²) in [5, 5.41) is 11.5. The molecule has 0 amide bonds. The molecule has 19 heavy (non-hydrogen) atoms. The normalized spacial score (nSPS) is 10.9. The first-order valence-electron chi connectivity index (χ1n) is 5.75. The number of aryl methyl sites for hydroxylation is 2. The molecule has 102 valence electrons. The zero-order chi connectivity index (χ0) is 14.0. The van der Waals surface area contributed by atoms with E-state index >= 15 is 0 Å². The summed E-state index contributed by atoms with van der Waals surface area (Å²) in [5.41, 5.74) is -0.676. The van der Waals surface area contributed by atoms with Gasteiger partial charge in [0, 0.05) is 12.7 Å². The van der Waals surface area contributed by atoms with Crippen LogP contribution < -0.4 is 11.2 Å². The molecule has 0 radical (unpaired) electrons. The minimum absolute atomic E-state index is 0.0338. The summed E-state index contributed by atoms with van der Waals surface area (Å²) in [6.07, 6.45) is 2.40. The van der Waals surface area contributed by atoms with Gasteiger partial charge in [0.15, 0.2) is 5.82 Å². The van der Waals surface area contributed by atoms with E-state index in [0.29, 0.717) is 15.9 Å². The Morgan fingerprint density at radius 2 is 2.11 bits per heavy atom. The van der Waals surface area contributed by atoms with Crippen LogP contribution in [0.15, 0.2) is 15.8 Å². The van der Waals surface area contributed by atoms with Gasteiger partial charge >= 0.3 is 5.69 Å². The number of nitrogens with zero attached hydrogens (tertiary/aromatic N) is 6. The molecule has 0 N–H and O–H groups in total. The van der Waals surface area contributed by atoms with Crippen molar-refractivity contribution in [2.45, 2.75) is 26.4 Å². The molecule has 0 atom stereocenters. The van der Waals surface area contributed by atoms with Crippen molar-refractivity contribution < 1.29 is 0 Å². The number of halogens is 1. The maximum Gasteiger partial charge on any atom is 0.331 e. The molecule has 8 nitrogen and oxygen atoms in total. The van der Waals surface area contributed by atoms with Crippen molar-refractivity contribution >= 4 is 22.6 Å². The summed E-state index contributed by atoms with van der Waals surface area (Å²) in [6.45, 7) is 2.58. The Kier molecular flexibility index (Phi) is 4.12. The predicted octanol–water partition coefficient (Wildman–Crippen LogP) is -0.404. The monoisotopic (exact) mass is 376 g/mol. The molecule has 0 saturated carbocycles. The van der Waals surface area contributed by atoms with E-state index in [9.17, 15) is 9.59 Å². The van der Waals surface area contributed by atoms with E-state index in [0.717, 1.165) is 11.0 Å². The van der Waals surface area contributed by atoms with Crippen LogP contribution in [0.1, 0.15) is 19.2 Å². The first kappa shape index (κ1) is 13.9. The van der Waals surface area contributed by atoms with Crippen LogP contribution in [0.4, 0.5) is 0 Å². The van der Waals surface area contributed by atoms with Crippen molar-refractivity contribution in [3.05, 3.63) is 36.4 Å². The Balaban J connectivity index is 2.49. The van der Waals surface area contributed by atoms with Crippen molar-refractivity contribution in [1.82, 2.24) is 29.3 Å². The smallest absolute Gasteiger partial charge is 0.299 e. The van der Waals surface area contributed by atoms with Crippen molar-refractivity contribution in [3.8, 4) is 0 Å². The van der Waals surface area contributed by atoms with E-state index in [1.54, 1.807) is 13.2 Å². The lowest BCUT2D eigenvalue weighted by Crippen LogP contribution is -2.41. The Labute approximate surface area is 122 Å². The Hall–Kier alpha value is -1.52.